The predicted molar refractivity (Wildman–Crippen MR) is 127 cm³/mol. The Hall–Kier alpha value is -3.67. The second-order valence-corrected chi connectivity index (χ2v) is 8.35. The number of methoxy groups -OCH3 is 1. The van der Waals surface area contributed by atoms with Gasteiger partial charge >= 0.3 is 5.97 Å². The number of esters is 1. The number of likely N-dealkylation sites (tertiary alicyclic amines) is 1. The van der Waals surface area contributed by atoms with Gasteiger partial charge in [-0.1, -0.05) is 48.5 Å². The summed E-state index contributed by atoms with van der Waals surface area (Å²) >= 11 is 0. The Morgan fingerprint density at radius 1 is 1.03 bits per heavy atom. The zero-order valence-electron chi connectivity index (χ0n) is 18.8. The highest BCUT2D eigenvalue weighted by atomic mass is 16.5. The highest BCUT2D eigenvalue weighted by Gasteiger charge is 2.29. The van der Waals surface area contributed by atoms with Crippen LogP contribution in [-0.4, -0.2) is 49.4 Å². The van der Waals surface area contributed by atoms with Crippen LogP contribution >= 0.6 is 0 Å². The molecule has 0 bridgehead atoms. The van der Waals surface area contributed by atoms with Crippen LogP contribution in [0.2, 0.25) is 0 Å². The minimum absolute atomic E-state index is 0.0241. The molecule has 0 radical (unpaired) electrons. The van der Waals surface area contributed by atoms with Crippen LogP contribution in [0, 0.1) is 5.92 Å². The maximum absolute atomic E-state index is 13.2. The van der Waals surface area contributed by atoms with Crippen LogP contribution in [0.15, 0.2) is 66.7 Å². The van der Waals surface area contributed by atoms with Crippen LogP contribution < -0.4 is 5.32 Å². The maximum Gasteiger partial charge on any atom is 0.337 e. The van der Waals surface area contributed by atoms with Crippen molar-refractivity contribution in [3.8, 4) is 0 Å². The van der Waals surface area contributed by atoms with Crippen molar-refractivity contribution in [1.82, 2.24) is 10.2 Å². The highest BCUT2D eigenvalue weighted by Crippen LogP contribution is 2.23. The molecule has 3 aromatic carbocycles. The zero-order chi connectivity index (χ0) is 23.2. The molecule has 1 heterocycles. The minimum Gasteiger partial charge on any atom is -0.465 e. The van der Waals surface area contributed by atoms with Crippen LogP contribution in [0.3, 0.4) is 0 Å². The van der Waals surface area contributed by atoms with E-state index in [-0.39, 0.29) is 23.7 Å². The summed E-state index contributed by atoms with van der Waals surface area (Å²) in [6.07, 6.45) is 2.18. The number of carbonyl (C=O) groups is 3. The van der Waals surface area contributed by atoms with Crippen molar-refractivity contribution in [2.24, 2.45) is 5.92 Å². The van der Waals surface area contributed by atoms with E-state index in [0.29, 0.717) is 37.2 Å². The smallest absolute Gasteiger partial charge is 0.337 e. The van der Waals surface area contributed by atoms with E-state index in [4.69, 9.17) is 4.74 Å². The van der Waals surface area contributed by atoms with E-state index in [0.717, 1.165) is 29.2 Å². The van der Waals surface area contributed by atoms with Gasteiger partial charge in [0, 0.05) is 25.2 Å². The van der Waals surface area contributed by atoms with E-state index >= 15 is 0 Å². The molecule has 1 saturated heterocycles. The molecule has 0 unspecified atom stereocenters. The predicted octanol–water partition coefficient (Wildman–Crippen LogP) is 3.84. The van der Waals surface area contributed by atoms with Gasteiger partial charge in [-0.2, -0.15) is 0 Å². The van der Waals surface area contributed by atoms with Crippen molar-refractivity contribution in [3.63, 3.8) is 0 Å². The number of nitrogens with zero attached hydrogens (tertiary/aromatic N) is 1. The van der Waals surface area contributed by atoms with Gasteiger partial charge in [0.05, 0.1) is 18.6 Å². The van der Waals surface area contributed by atoms with Crippen molar-refractivity contribution in [2.45, 2.75) is 19.3 Å². The van der Waals surface area contributed by atoms with Gasteiger partial charge in [-0.05, 0) is 53.8 Å². The highest BCUT2D eigenvalue weighted by molar-refractivity contribution is 6.07. The van der Waals surface area contributed by atoms with Gasteiger partial charge in [0.2, 0.25) is 5.91 Å². The Kier molecular flexibility index (Phi) is 7.03. The molecule has 0 saturated carbocycles. The van der Waals surface area contributed by atoms with Gasteiger partial charge in [0.15, 0.2) is 0 Å². The summed E-state index contributed by atoms with van der Waals surface area (Å²) < 4.78 is 4.76. The number of hydrogen-bond donors (Lipinski definition) is 1. The summed E-state index contributed by atoms with van der Waals surface area (Å²) in [4.78, 5) is 39.5. The number of rotatable bonds is 6. The first-order valence-electron chi connectivity index (χ1n) is 11.3. The van der Waals surface area contributed by atoms with Crippen molar-refractivity contribution in [3.05, 3.63) is 83.4 Å². The molecule has 0 aliphatic carbocycles. The van der Waals surface area contributed by atoms with Crippen molar-refractivity contribution in [2.75, 3.05) is 26.7 Å². The van der Waals surface area contributed by atoms with Crippen LogP contribution in [0.1, 0.15) is 39.1 Å². The quantitative estimate of drug-likeness (QED) is 0.586. The lowest BCUT2D eigenvalue weighted by Gasteiger charge is -2.32. The summed E-state index contributed by atoms with van der Waals surface area (Å²) in [5.74, 6) is -0.656. The number of hydrogen-bond acceptors (Lipinski definition) is 4. The number of piperidine rings is 1. The number of carbonyl (C=O) groups excluding carboxylic acids is 3. The van der Waals surface area contributed by atoms with Gasteiger partial charge in [-0.25, -0.2) is 4.79 Å². The average molecular weight is 445 g/mol. The fourth-order valence-electron chi connectivity index (χ4n) is 4.40. The number of ether oxygens (including phenoxy) is 1. The summed E-state index contributed by atoms with van der Waals surface area (Å²) in [6, 6.07) is 20.8. The Balaban J connectivity index is 1.35. The third-order valence-electron chi connectivity index (χ3n) is 6.16. The van der Waals surface area contributed by atoms with E-state index in [1.54, 1.807) is 23.1 Å². The van der Waals surface area contributed by atoms with Crippen molar-refractivity contribution < 1.29 is 19.1 Å². The number of fused-ring (bicyclic) bond motifs is 1. The summed E-state index contributed by atoms with van der Waals surface area (Å²) in [7, 11) is 1.35. The first kappa shape index (κ1) is 22.5. The van der Waals surface area contributed by atoms with Gasteiger partial charge in [-0.15, -0.1) is 0 Å². The summed E-state index contributed by atoms with van der Waals surface area (Å²) in [5.41, 5.74) is 2.13. The van der Waals surface area contributed by atoms with E-state index in [1.807, 2.05) is 48.5 Å². The molecule has 1 aliphatic heterocycles. The molecule has 0 aromatic heterocycles. The lowest BCUT2D eigenvalue weighted by Crippen LogP contribution is -2.45. The van der Waals surface area contributed by atoms with Gasteiger partial charge < -0.3 is 15.0 Å². The number of amides is 2. The molecular formula is C27H28N2O4. The third-order valence-corrected chi connectivity index (χ3v) is 6.16. The number of benzene rings is 3. The fourth-order valence-corrected chi connectivity index (χ4v) is 4.40. The standard InChI is InChI=1S/C27H28N2O4/c1-33-27(32)21-10-4-7-19(17-21)14-15-28-25(30)22-11-6-16-29(18-22)26(31)24-13-5-9-20-8-2-3-12-23(20)24/h2-5,7-10,12-13,17,22H,6,11,14-16,18H2,1H3,(H,28,30)/t22-/m1/s1. The SMILES string of the molecule is COC(=O)c1cccc(CCNC(=O)[C@@H]2CCCN(C(=O)c3cccc4ccccc34)C2)c1. The molecule has 1 aliphatic rings. The lowest BCUT2D eigenvalue weighted by molar-refractivity contribution is -0.126. The molecule has 2 amide bonds. The zero-order valence-corrected chi connectivity index (χ0v) is 18.8. The second kappa shape index (κ2) is 10.3. The fraction of sp³-hybridized carbons (Fsp3) is 0.296. The van der Waals surface area contributed by atoms with Crippen LogP contribution in [0.25, 0.3) is 10.8 Å². The van der Waals surface area contributed by atoms with E-state index in [1.165, 1.54) is 7.11 Å². The van der Waals surface area contributed by atoms with E-state index < -0.39 is 0 Å². The molecular weight excluding hydrogens is 416 g/mol. The third kappa shape index (κ3) is 5.22. The molecule has 1 atom stereocenters. The molecule has 1 N–H and O–H groups in total. The minimum atomic E-state index is -0.376. The van der Waals surface area contributed by atoms with Crippen LogP contribution in [0.4, 0.5) is 0 Å². The summed E-state index contributed by atoms with van der Waals surface area (Å²) in [6.45, 7) is 1.55. The molecule has 4 rings (SSSR count). The summed E-state index contributed by atoms with van der Waals surface area (Å²) in [5, 5.41) is 4.97. The van der Waals surface area contributed by atoms with E-state index in [9.17, 15) is 14.4 Å². The normalized spacial score (nSPS) is 15.8. The first-order chi connectivity index (χ1) is 16.1. The molecule has 170 valence electrons. The van der Waals surface area contributed by atoms with Crippen LogP contribution in [0.5, 0.6) is 0 Å². The van der Waals surface area contributed by atoms with E-state index in [2.05, 4.69) is 5.32 Å². The first-order valence-corrected chi connectivity index (χ1v) is 11.3. The Labute approximate surface area is 193 Å². The Morgan fingerprint density at radius 2 is 1.82 bits per heavy atom. The number of nitrogens with one attached hydrogen (secondary N) is 1. The lowest BCUT2D eigenvalue weighted by atomic mass is 9.95. The molecule has 1 fully saturated rings. The average Bonchev–Trinajstić information content (AvgIpc) is 2.87. The second-order valence-electron chi connectivity index (χ2n) is 8.35. The topological polar surface area (TPSA) is 75.7 Å². The maximum atomic E-state index is 13.2. The molecule has 6 heteroatoms. The van der Waals surface area contributed by atoms with Gasteiger partial charge in [-0.3, -0.25) is 9.59 Å². The van der Waals surface area contributed by atoms with Crippen molar-refractivity contribution in [1.29, 1.82) is 0 Å². The van der Waals surface area contributed by atoms with Gasteiger partial charge in [0.1, 0.15) is 0 Å². The molecule has 0 spiro atoms. The molecule has 3 aromatic rings. The van der Waals surface area contributed by atoms with Crippen molar-refractivity contribution >= 4 is 28.6 Å². The molecule has 6 nitrogen and oxygen atoms in total. The largest absolute Gasteiger partial charge is 0.465 e. The Bertz CT molecular complexity index is 1170. The Morgan fingerprint density at radius 3 is 2.67 bits per heavy atom. The molecule has 33 heavy (non-hydrogen) atoms. The monoisotopic (exact) mass is 444 g/mol. The van der Waals surface area contributed by atoms with Gasteiger partial charge in [0.25, 0.3) is 5.91 Å². The van der Waals surface area contributed by atoms with Crippen LogP contribution in [-0.2, 0) is 16.0 Å².